The number of aliphatic carboxylic acids is 1. The van der Waals surface area contributed by atoms with Crippen LogP contribution in [-0.4, -0.2) is 63.6 Å². The number of hydrogen-bond donors (Lipinski definition) is 1. The fourth-order valence-electron chi connectivity index (χ4n) is 3.41. The molecule has 1 aromatic heterocycles. The lowest BCUT2D eigenvalue weighted by Gasteiger charge is -2.37. The van der Waals surface area contributed by atoms with Crippen molar-refractivity contribution in [2.75, 3.05) is 26.2 Å². The van der Waals surface area contributed by atoms with Crippen LogP contribution < -0.4 is 0 Å². The fourth-order valence-corrected chi connectivity index (χ4v) is 3.41. The van der Waals surface area contributed by atoms with Crippen molar-refractivity contribution in [2.24, 2.45) is 7.05 Å². The Labute approximate surface area is 141 Å². The third-order valence-electron chi connectivity index (χ3n) is 4.85. The summed E-state index contributed by atoms with van der Waals surface area (Å²) in [5.41, 5.74) is 1.79. The second-order valence-electron chi connectivity index (χ2n) is 6.44. The Morgan fingerprint density at radius 3 is 2.54 bits per heavy atom. The van der Waals surface area contributed by atoms with E-state index in [2.05, 4.69) is 4.90 Å². The number of rotatable bonds is 4. The molecule has 0 spiro atoms. The number of carbonyl (C=O) groups excluding carboxylic acids is 1. The van der Waals surface area contributed by atoms with E-state index >= 15 is 0 Å². The Morgan fingerprint density at radius 2 is 1.88 bits per heavy atom. The highest BCUT2D eigenvalue weighted by Gasteiger charge is 2.26. The molecule has 2 heterocycles. The summed E-state index contributed by atoms with van der Waals surface area (Å²) in [7, 11) is 1.97. The van der Waals surface area contributed by atoms with Gasteiger partial charge in [-0.2, -0.15) is 0 Å². The van der Waals surface area contributed by atoms with Crippen LogP contribution in [0.3, 0.4) is 0 Å². The number of aryl methyl sites for hydroxylation is 1. The summed E-state index contributed by atoms with van der Waals surface area (Å²) in [6.45, 7) is 4.62. The molecule has 1 aromatic carbocycles. The SMILES string of the molecule is CC(CC(=O)O)N1CCN(C(=O)c2cccc3c2ccn3C)CC1. The maximum Gasteiger partial charge on any atom is 0.304 e. The summed E-state index contributed by atoms with van der Waals surface area (Å²) in [5.74, 6) is -0.728. The minimum atomic E-state index is -0.781. The molecule has 0 radical (unpaired) electrons. The lowest BCUT2D eigenvalue weighted by atomic mass is 10.1. The van der Waals surface area contributed by atoms with Crippen LogP contribution >= 0.6 is 0 Å². The number of carboxylic acid groups (broad SMARTS) is 1. The first-order chi connectivity index (χ1) is 11.5. The molecule has 0 bridgehead atoms. The summed E-state index contributed by atoms with van der Waals surface area (Å²) in [5, 5.41) is 9.89. The van der Waals surface area contributed by atoms with Crippen LogP contribution in [0.15, 0.2) is 30.5 Å². The first kappa shape index (κ1) is 16.5. The molecule has 6 nitrogen and oxygen atoms in total. The van der Waals surface area contributed by atoms with Gasteiger partial charge in [-0.15, -0.1) is 0 Å². The van der Waals surface area contributed by atoms with Crippen LogP contribution in [0, 0.1) is 0 Å². The topological polar surface area (TPSA) is 65.8 Å². The van der Waals surface area contributed by atoms with Gasteiger partial charge in [-0.05, 0) is 25.1 Å². The molecule has 1 N–H and O–H groups in total. The van der Waals surface area contributed by atoms with Crippen molar-refractivity contribution in [2.45, 2.75) is 19.4 Å². The van der Waals surface area contributed by atoms with Gasteiger partial charge in [-0.3, -0.25) is 14.5 Å². The fraction of sp³-hybridized carbons (Fsp3) is 0.444. The molecule has 1 saturated heterocycles. The van der Waals surface area contributed by atoms with E-state index < -0.39 is 5.97 Å². The van der Waals surface area contributed by atoms with Gasteiger partial charge in [0, 0.05) is 61.9 Å². The second kappa shape index (κ2) is 6.65. The third-order valence-corrected chi connectivity index (χ3v) is 4.85. The van der Waals surface area contributed by atoms with Gasteiger partial charge >= 0.3 is 5.97 Å². The Bertz CT molecular complexity index is 760. The van der Waals surface area contributed by atoms with Crippen molar-refractivity contribution >= 4 is 22.8 Å². The quantitative estimate of drug-likeness (QED) is 0.929. The van der Waals surface area contributed by atoms with Gasteiger partial charge in [0.15, 0.2) is 0 Å². The first-order valence-electron chi connectivity index (χ1n) is 8.26. The van der Waals surface area contributed by atoms with E-state index in [-0.39, 0.29) is 18.4 Å². The van der Waals surface area contributed by atoms with Crippen LogP contribution in [0.1, 0.15) is 23.7 Å². The zero-order chi connectivity index (χ0) is 17.3. The summed E-state index contributed by atoms with van der Waals surface area (Å²) in [4.78, 5) is 27.7. The highest BCUT2D eigenvalue weighted by atomic mass is 16.4. The molecule has 6 heteroatoms. The van der Waals surface area contributed by atoms with E-state index in [1.54, 1.807) is 0 Å². The first-order valence-corrected chi connectivity index (χ1v) is 8.26. The molecule has 128 valence electrons. The van der Waals surface area contributed by atoms with E-state index in [1.165, 1.54) is 0 Å². The van der Waals surface area contributed by atoms with Crippen LogP contribution in [0.5, 0.6) is 0 Å². The molecule has 24 heavy (non-hydrogen) atoms. The highest BCUT2D eigenvalue weighted by Crippen LogP contribution is 2.22. The van der Waals surface area contributed by atoms with Crippen molar-refractivity contribution < 1.29 is 14.7 Å². The van der Waals surface area contributed by atoms with Crippen molar-refractivity contribution in [1.82, 2.24) is 14.4 Å². The summed E-state index contributed by atoms with van der Waals surface area (Å²) in [6.07, 6.45) is 2.10. The van der Waals surface area contributed by atoms with Crippen molar-refractivity contribution in [1.29, 1.82) is 0 Å². The average Bonchev–Trinajstić information content (AvgIpc) is 2.95. The molecular formula is C18H23N3O3. The second-order valence-corrected chi connectivity index (χ2v) is 6.44. The minimum Gasteiger partial charge on any atom is -0.481 e. The summed E-state index contributed by atoms with van der Waals surface area (Å²) in [6, 6.07) is 7.79. The standard InChI is InChI=1S/C18H23N3O3/c1-13(12-17(22)23)20-8-10-21(11-9-20)18(24)15-4-3-5-16-14(15)6-7-19(16)2/h3-7,13H,8-12H2,1-2H3,(H,22,23). The van der Waals surface area contributed by atoms with Crippen molar-refractivity contribution in [3.8, 4) is 0 Å². The van der Waals surface area contributed by atoms with Gasteiger partial charge in [0.05, 0.1) is 6.42 Å². The van der Waals surface area contributed by atoms with Gasteiger partial charge in [0.1, 0.15) is 0 Å². The Morgan fingerprint density at radius 1 is 1.17 bits per heavy atom. The van der Waals surface area contributed by atoms with Gasteiger partial charge in [0.25, 0.3) is 5.91 Å². The van der Waals surface area contributed by atoms with Crippen LogP contribution in [0.25, 0.3) is 10.9 Å². The minimum absolute atomic E-state index is 0.00249. The number of aromatic nitrogens is 1. The zero-order valence-corrected chi connectivity index (χ0v) is 14.1. The van der Waals surface area contributed by atoms with Gasteiger partial charge in [-0.25, -0.2) is 0 Å². The molecule has 1 amide bonds. The van der Waals surface area contributed by atoms with Crippen LogP contribution in [0.4, 0.5) is 0 Å². The third kappa shape index (κ3) is 3.14. The van der Waals surface area contributed by atoms with Gasteiger partial charge in [0.2, 0.25) is 0 Å². The average molecular weight is 329 g/mol. The maximum atomic E-state index is 12.9. The number of carbonyl (C=O) groups is 2. The van der Waals surface area contributed by atoms with Gasteiger partial charge in [-0.1, -0.05) is 6.07 Å². The molecule has 1 unspecified atom stereocenters. The molecule has 2 aromatic rings. The lowest BCUT2D eigenvalue weighted by molar-refractivity contribution is -0.138. The normalized spacial score (nSPS) is 17.2. The monoisotopic (exact) mass is 329 g/mol. The molecule has 0 saturated carbocycles. The van der Waals surface area contributed by atoms with E-state index in [0.717, 1.165) is 16.5 Å². The number of hydrogen-bond acceptors (Lipinski definition) is 3. The van der Waals surface area contributed by atoms with Crippen LogP contribution in [-0.2, 0) is 11.8 Å². The summed E-state index contributed by atoms with van der Waals surface area (Å²) < 4.78 is 2.01. The van der Waals surface area contributed by atoms with E-state index in [0.29, 0.717) is 26.2 Å². The summed E-state index contributed by atoms with van der Waals surface area (Å²) >= 11 is 0. The molecule has 1 aliphatic heterocycles. The molecule has 0 aliphatic carbocycles. The Kier molecular flexibility index (Phi) is 4.57. The Hall–Kier alpha value is -2.34. The molecule has 1 atom stereocenters. The maximum absolute atomic E-state index is 12.9. The lowest BCUT2D eigenvalue weighted by Crippen LogP contribution is -2.51. The predicted octanol–water partition coefficient (Wildman–Crippen LogP) is 1.80. The van der Waals surface area contributed by atoms with E-state index in [1.807, 2.05) is 53.9 Å². The number of piperazine rings is 1. The Balaban J connectivity index is 1.70. The smallest absolute Gasteiger partial charge is 0.304 e. The number of amides is 1. The number of fused-ring (bicyclic) bond motifs is 1. The van der Waals surface area contributed by atoms with Crippen molar-refractivity contribution in [3.05, 3.63) is 36.0 Å². The molecule has 1 fully saturated rings. The predicted molar refractivity (Wildman–Crippen MR) is 92.1 cm³/mol. The van der Waals surface area contributed by atoms with Crippen LogP contribution in [0.2, 0.25) is 0 Å². The molecule has 3 rings (SSSR count). The number of nitrogens with zero attached hydrogens (tertiary/aromatic N) is 3. The molecule has 1 aliphatic rings. The van der Waals surface area contributed by atoms with Crippen molar-refractivity contribution in [3.63, 3.8) is 0 Å². The van der Waals surface area contributed by atoms with Gasteiger partial charge < -0.3 is 14.6 Å². The highest BCUT2D eigenvalue weighted by molar-refractivity contribution is 6.06. The van der Waals surface area contributed by atoms with E-state index in [4.69, 9.17) is 5.11 Å². The number of carboxylic acids is 1. The molecular weight excluding hydrogens is 306 g/mol. The zero-order valence-electron chi connectivity index (χ0n) is 14.1. The van der Waals surface area contributed by atoms with E-state index in [9.17, 15) is 9.59 Å². The number of benzene rings is 1. The largest absolute Gasteiger partial charge is 0.481 e.